The second-order valence-electron chi connectivity index (χ2n) is 6.78. The Labute approximate surface area is 175 Å². The number of hydrazine groups is 1. The number of nitrogens with zero attached hydrogens (tertiary/aromatic N) is 6. The SMILES string of the molecule is Cc1ccnc2c1N(c1ccc(Cl)cc1F)N(C)/C(=C1/N=c3c[c-]ncc3=N1)C2=O. The van der Waals surface area contributed by atoms with E-state index in [1.165, 1.54) is 17.3 Å². The van der Waals surface area contributed by atoms with Gasteiger partial charge >= 0.3 is 0 Å². The number of aryl methyl sites for hydroxylation is 1. The van der Waals surface area contributed by atoms with Gasteiger partial charge in [0.15, 0.2) is 11.5 Å². The number of rotatable bonds is 1. The normalized spacial score (nSPS) is 17.4. The average Bonchev–Trinajstić information content (AvgIpc) is 3.13. The van der Waals surface area contributed by atoms with E-state index in [0.717, 1.165) is 5.56 Å². The maximum absolute atomic E-state index is 14.9. The Morgan fingerprint density at radius 1 is 1.17 bits per heavy atom. The van der Waals surface area contributed by atoms with Crippen LogP contribution in [0, 0.1) is 18.9 Å². The number of allylic oxidation sites excluding steroid dienone is 1. The summed E-state index contributed by atoms with van der Waals surface area (Å²) in [6.45, 7) is 1.84. The summed E-state index contributed by atoms with van der Waals surface area (Å²) in [5.74, 6) is -0.689. The van der Waals surface area contributed by atoms with E-state index in [-0.39, 0.29) is 33.7 Å². The number of hydrogen-bond donors (Lipinski definition) is 0. The van der Waals surface area contributed by atoms with E-state index in [2.05, 4.69) is 26.1 Å². The molecule has 4 heterocycles. The monoisotopic (exact) mass is 419 g/mol. The second-order valence-corrected chi connectivity index (χ2v) is 7.22. The molecule has 2 aromatic heterocycles. The van der Waals surface area contributed by atoms with Crippen LogP contribution >= 0.6 is 11.6 Å². The third-order valence-electron chi connectivity index (χ3n) is 4.92. The van der Waals surface area contributed by atoms with Crippen LogP contribution in [0.5, 0.6) is 0 Å². The molecule has 0 N–H and O–H groups in total. The molecular formula is C21H13ClFN6O-. The van der Waals surface area contributed by atoms with Crippen molar-refractivity contribution in [1.82, 2.24) is 15.0 Å². The van der Waals surface area contributed by atoms with Crippen LogP contribution in [0.3, 0.4) is 0 Å². The summed E-state index contributed by atoms with van der Waals surface area (Å²) in [7, 11) is 1.65. The number of aromatic nitrogens is 2. The maximum Gasteiger partial charge on any atom is 0.235 e. The molecule has 0 saturated carbocycles. The Morgan fingerprint density at radius 3 is 2.73 bits per heavy atom. The van der Waals surface area contributed by atoms with E-state index in [9.17, 15) is 9.18 Å². The molecule has 1 aromatic carbocycles. The predicted octanol–water partition coefficient (Wildman–Crippen LogP) is 2.68. The van der Waals surface area contributed by atoms with Gasteiger partial charge in [-0.05, 0) is 47.5 Å². The molecule has 0 spiro atoms. The molecule has 9 heteroatoms. The maximum atomic E-state index is 14.9. The highest BCUT2D eigenvalue weighted by Crippen LogP contribution is 2.41. The van der Waals surface area contributed by atoms with E-state index >= 15 is 0 Å². The predicted molar refractivity (Wildman–Crippen MR) is 107 cm³/mol. The molecule has 2 aliphatic rings. The molecule has 7 nitrogen and oxygen atoms in total. The lowest BCUT2D eigenvalue weighted by Gasteiger charge is -2.41. The fourth-order valence-corrected chi connectivity index (χ4v) is 3.70. The highest BCUT2D eigenvalue weighted by atomic mass is 35.5. The molecule has 30 heavy (non-hydrogen) atoms. The standard InChI is InChI=1S/C21H13ClFN6O/c1-11-5-8-25-17-18(11)29(16-4-3-12(22)9-13(16)23)28(2)19(20(17)30)21-26-14-6-7-24-10-15(14)27-21/h3-6,8-10H,1-2H3/q-1/b21-19-. The number of benzene rings is 1. The van der Waals surface area contributed by atoms with E-state index in [1.54, 1.807) is 42.5 Å². The van der Waals surface area contributed by atoms with Crippen LogP contribution in [0.4, 0.5) is 15.8 Å². The molecule has 0 unspecified atom stereocenters. The van der Waals surface area contributed by atoms with Gasteiger partial charge in [-0.2, -0.15) is 0 Å². The molecule has 5 rings (SSSR count). The summed E-state index contributed by atoms with van der Waals surface area (Å²) in [5, 5.41) is 4.49. The first-order chi connectivity index (χ1) is 14.5. The first-order valence-corrected chi connectivity index (χ1v) is 9.36. The van der Waals surface area contributed by atoms with Crippen LogP contribution < -0.4 is 15.7 Å². The third kappa shape index (κ3) is 2.68. The zero-order valence-electron chi connectivity index (χ0n) is 15.9. The lowest BCUT2D eigenvalue weighted by molar-refractivity contribution is 0.0980. The van der Waals surface area contributed by atoms with Crippen molar-refractivity contribution in [2.24, 2.45) is 9.98 Å². The molecule has 3 aromatic rings. The van der Waals surface area contributed by atoms with Gasteiger partial charge in [-0.25, -0.2) is 9.40 Å². The minimum atomic E-state index is -0.537. The van der Waals surface area contributed by atoms with Crippen molar-refractivity contribution < 1.29 is 9.18 Å². The highest BCUT2D eigenvalue weighted by Gasteiger charge is 2.38. The first kappa shape index (κ1) is 18.4. The van der Waals surface area contributed by atoms with Crippen LogP contribution in [0.15, 0.2) is 64.2 Å². The number of fused-ring (bicyclic) bond motifs is 2. The minimum Gasteiger partial charge on any atom is -0.392 e. The quantitative estimate of drug-likeness (QED) is 0.448. The topological polar surface area (TPSA) is 74.1 Å². The number of halogens is 2. The van der Waals surface area contributed by atoms with Gasteiger partial charge in [0, 0.05) is 18.3 Å². The fraction of sp³-hybridized carbons (Fsp3) is 0.0952. The number of carbonyl (C=O) groups is 1. The van der Waals surface area contributed by atoms with E-state index in [0.29, 0.717) is 16.4 Å². The Kier molecular flexibility index (Phi) is 4.11. The van der Waals surface area contributed by atoms with Crippen LogP contribution in [-0.2, 0) is 0 Å². The van der Waals surface area contributed by atoms with Gasteiger partial charge in [0.1, 0.15) is 11.5 Å². The zero-order valence-corrected chi connectivity index (χ0v) is 16.6. The molecular weight excluding hydrogens is 407 g/mol. The van der Waals surface area contributed by atoms with Crippen LogP contribution in [0.1, 0.15) is 16.1 Å². The van der Waals surface area contributed by atoms with Crippen molar-refractivity contribution in [3.8, 4) is 0 Å². The van der Waals surface area contributed by atoms with Crippen molar-refractivity contribution in [3.05, 3.63) is 93.3 Å². The first-order valence-electron chi connectivity index (χ1n) is 8.98. The molecule has 2 aliphatic heterocycles. The number of carbonyl (C=O) groups excluding carboxylic acids is 1. The van der Waals surface area contributed by atoms with E-state index in [1.807, 2.05) is 6.92 Å². The lowest BCUT2D eigenvalue weighted by atomic mass is 10.0. The Morgan fingerprint density at radius 2 is 1.97 bits per heavy atom. The Hall–Kier alpha value is -3.65. The van der Waals surface area contributed by atoms with Crippen molar-refractivity contribution in [3.63, 3.8) is 0 Å². The van der Waals surface area contributed by atoms with E-state index in [4.69, 9.17) is 11.6 Å². The second kappa shape index (κ2) is 6.70. The van der Waals surface area contributed by atoms with Crippen LogP contribution in [0.2, 0.25) is 5.02 Å². The summed E-state index contributed by atoms with van der Waals surface area (Å²) in [5.41, 5.74) is 1.83. The van der Waals surface area contributed by atoms with Gasteiger partial charge in [0.2, 0.25) is 5.78 Å². The Bertz CT molecular complexity index is 1350. The van der Waals surface area contributed by atoms with Gasteiger partial charge < -0.3 is 4.98 Å². The number of pyridine rings is 2. The molecule has 0 radical (unpaired) electrons. The smallest absolute Gasteiger partial charge is 0.235 e. The summed E-state index contributed by atoms with van der Waals surface area (Å²) in [6.07, 6.45) is 5.77. The number of ketones is 1. The van der Waals surface area contributed by atoms with Gasteiger partial charge in [-0.15, -0.1) is 6.07 Å². The fourth-order valence-electron chi connectivity index (χ4n) is 3.55. The number of anilines is 2. The summed E-state index contributed by atoms with van der Waals surface area (Å²) in [4.78, 5) is 30.5. The minimum absolute atomic E-state index is 0.172. The summed E-state index contributed by atoms with van der Waals surface area (Å²) >= 11 is 5.94. The van der Waals surface area contributed by atoms with Crippen molar-refractivity contribution >= 4 is 28.8 Å². The molecule has 0 saturated heterocycles. The molecule has 0 bridgehead atoms. The Balaban J connectivity index is 1.80. The third-order valence-corrected chi connectivity index (χ3v) is 5.15. The lowest BCUT2D eigenvalue weighted by Crippen LogP contribution is -2.44. The number of hydrogen-bond acceptors (Lipinski definition) is 7. The van der Waals surface area contributed by atoms with Crippen molar-refractivity contribution in [2.45, 2.75) is 6.92 Å². The number of likely N-dealkylation sites (N-methyl/N-ethyl adjacent to an activating group) is 1. The molecule has 0 aliphatic carbocycles. The largest absolute Gasteiger partial charge is 0.392 e. The molecule has 0 fully saturated rings. The van der Waals surface area contributed by atoms with Gasteiger partial charge in [-0.1, -0.05) is 24.0 Å². The zero-order chi connectivity index (χ0) is 21.0. The molecule has 148 valence electrons. The molecule has 0 amide bonds. The van der Waals surface area contributed by atoms with E-state index < -0.39 is 5.82 Å². The van der Waals surface area contributed by atoms with Crippen LogP contribution in [0.25, 0.3) is 0 Å². The number of Topliss-reactive ketones (excluding diaryl/α,β-unsaturated/α-hetero) is 1. The van der Waals surface area contributed by atoms with Gasteiger partial charge in [0.05, 0.1) is 11.4 Å². The summed E-state index contributed by atoms with van der Waals surface area (Å²) in [6, 6.07) is 7.72. The van der Waals surface area contributed by atoms with Crippen molar-refractivity contribution in [2.75, 3.05) is 12.1 Å². The van der Waals surface area contributed by atoms with Crippen molar-refractivity contribution in [1.29, 1.82) is 0 Å². The average molecular weight is 420 g/mol. The summed E-state index contributed by atoms with van der Waals surface area (Å²) < 4.78 is 14.9. The van der Waals surface area contributed by atoms with Gasteiger partial charge in [0.25, 0.3) is 0 Å². The van der Waals surface area contributed by atoms with Gasteiger partial charge in [-0.3, -0.25) is 24.8 Å². The highest BCUT2D eigenvalue weighted by molar-refractivity contribution is 6.30. The molecule has 0 atom stereocenters. The van der Waals surface area contributed by atoms with Crippen LogP contribution in [-0.4, -0.2) is 27.8 Å².